The molecule has 9 nitrogen and oxygen atoms in total. The van der Waals surface area contributed by atoms with Crippen molar-refractivity contribution < 1.29 is 29.2 Å². The van der Waals surface area contributed by atoms with E-state index in [0.717, 1.165) is 0 Å². The van der Waals surface area contributed by atoms with Crippen LogP contribution in [0.5, 0.6) is 5.75 Å². The molecule has 0 aromatic carbocycles. The van der Waals surface area contributed by atoms with Crippen LogP contribution in [0.4, 0.5) is 5.69 Å². The predicted molar refractivity (Wildman–Crippen MR) is 103 cm³/mol. The van der Waals surface area contributed by atoms with Crippen LogP contribution in [0.3, 0.4) is 0 Å². The molecule has 0 saturated heterocycles. The van der Waals surface area contributed by atoms with Crippen molar-refractivity contribution in [1.29, 1.82) is 0 Å². The van der Waals surface area contributed by atoms with Crippen molar-refractivity contribution in [1.82, 2.24) is 4.98 Å². The van der Waals surface area contributed by atoms with Gasteiger partial charge in [0.2, 0.25) is 0 Å². The molecule has 2 rings (SSSR count). The highest BCUT2D eigenvalue weighted by Gasteiger charge is 2.39. The summed E-state index contributed by atoms with van der Waals surface area (Å²) >= 11 is 1.27. The van der Waals surface area contributed by atoms with E-state index in [2.05, 4.69) is 15.3 Å². The van der Waals surface area contributed by atoms with Gasteiger partial charge in [-0.2, -0.15) is 0 Å². The summed E-state index contributed by atoms with van der Waals surface area (Å²) < 4.78 is 15.6. The van der Waals surface area contributed by atoms with Crippen molar-refractivity contribution in [3.05, 3.63) is 18.0 Å². The third kappa shape index (κ3) is 6.06. The number of rotatable bonds is 12. The number of carbonyl (C=O) groups is 1. The molecule has 1 aromatic heterocycles. The molecule has 1 unspecified atom stereocenters. The monoisotopic (exact) mass is 399 g/mol. The first-order valence-corrected chi connectivity index (χ1v) is 9.49. The Balaban J connectivity index is 1.83. The van der Waals surface area contributed by atoms with E-state index in [1.807, 2.05) is 0 Å². The molecule has 10 heteroatoms. The second-order valence-corrected chi connectivity index (χ2v) is 6.95. The number of aliphatic carboxylic acids is 1. The van der Waals surface area contributed by atoms with Crippen LogP contribution in [0.15, 0.2) is 17.3 Å². The molecular weight excluding hydrogens is 374 g/mol. The number of anilines is 1. The van der Waals surface area contributed by atoms with Gasteiger partial charge in [0, 0.05) is 25.6 Å². The summed E-state index contributed by atoms with van der Waals surface area (Å²) in [6.07, 6.45) is 1.54. The van der Waals surface area contributed by atoms with Gasteiger partial charge in [0.25, 0.3) is 0 Å². The van der Waals surface area contributed by atoms with Crippen molar-refractivity contribution in [2.24, 2.45) is 4.99 Å². The van der Waals surface area contributed by atoms with Gasteiger partial charge >= 0.3 is 5.97 Å². The van der Waals surface area contributed by atoms with Crippen LogP contribution < -0.4 is 5.32 Å². The highest BCUT2D eigenvalue weighted by atomic mass is 32.2. The number of hydrogen-bond donors (Lipinski definition) is 3. The number of aromatic nitrogens is 1. The van der Waals surface area contributed by atoms with E-state index in [1.54, 1.807) is 26.3 Å². The standard InChI is InChI=1S/C17H25N3O6S/c1-17(16(22)23)11-27-15(20-17)13-14(21)12(3-4-19-13)18-5-6-25-9-10-26-8-7-24-2/h3-4,21H,5-11H2,1-2H3,(H,18,19)(H,22,23). The average Bonchev–Trinajstić information content (AvgIpc) is 3.05. The number of pyridine rings is 1. The lowest BCUT2D eigenvalue weighted by Gasteiger charge is -2.12. The van der Waals surface area contributed by atoms with Crippen molar-refractivity contribution in [3.63, 3.8) is 0 Å². The van der Waals surface area contributed by atoms with Gasteiger partial charge in [-0.3, -0.25) is 4.99 Å². The van der Waals surface area contributed by atoms with E-state index in [4.69, 9.17) is 14.2 Å². The minimum atomic E-state index is -1.20. The molecule has 1 aliphatic rings. The minimum absolute atomic E-state index is 0.0544. The van der Waals surface area contributed by atoms with Crippen LogP contribution in [0, 0.1) is 0 Å². The normalized spacial score (nSPS) is 19.1. The molecule has 1 aliphatic heterocycles. The molecule has 0 radical (unpaired) electrons. The summed E-state index contributed by atoms with van der Waals surface area (Å²) in [5, 5.41) is 23.2. The number of carboxylic acid groups (broad SMARTS) is 1. The molecule has 0 fully saturated rings. The maximum atomic E-state index is 11.3. The second-order valence-electron chi connectivity index (χ2n) is 5.98. The van der Waals surface area contributed by atoms with E-state index in [-0.39, 0.29) is 11.4 Å². The summed E-state index contributed by atoms with van der Waals surface area (Å²) in [5.41, 5.74) is -0.425. The van der Waals surface area contributed by atoms with E-state index in [1.165, 1.54) is 11.8 Å². The molecule has 27 heavy (non-hydrogen) atoms. The van der Waals surface area contributed by atoms with Gasteiger partial charge < -0.3 is 29.7 Å². The fraction of sp³-hybridized carbons (Fsp3) is 0.588. The summed E-state index contributed by atoms with van der Waals surface area (Å²) in [5.74, 6) is -0.750. The molecule has 1 aromatic rings. The fourth-order valence-corrected chi connectivity index (χ4v) is 3.36. The van der Waals surface area contributed by atoms with Crippen molar-refractivity contribution >= 4 is 28.5 Å². The Bertz CT molecular complexity index is 672. The third-order valence-electron chi connectivity index (χ3n) is 3.79. The van der Waals surface area contributed by atoms with Crippen LogP contribution in [-0.2, 0) is 19.0 Å². The van der Waals surface area contributed by atoms with Crippen LogP contribution in [-0.4, -0.2) is 84.2 Å². The van der Waals surface area contributed by atoms with Gasteiger partial charge in [0.15, 0.2) is 11.3 Å². The molecule has 0 bridgehead atoms. The Hall–Kier alpha value is -1.88. The molecule has 0 spiro atoms. The first-order chi connectivity index (χ1) is 13.0. The van der Waals surface area contributed by atoms with E-state index in [0.29, 0.717) is 56.1 Å². The van der Waals surface area contributed by atoms with Gasteiger partial charge in [-0.1, -0.05) is 0 Å². The first-order valence-electron chi connectivity index (χ1n) is 8.50. The Labute approximate surface area is 162 Å². The summed E-state index contributed by atoms with van der Waals surface area (Å²) in [6, 6.07) is 1.64. The van der Waals surface area contributed by atoms with Gasteiger partial charge in [0.1, 0.15) is 10.7 Å². The Morgan fingerprint density at radius 3 is 2.67 bits per heavy atom. The lowest BCUT2D eigenvalue weighted by molar-refractivity contribution is -0.141. The number of nitrogens with zero attached hydrogens (tertiary/aromatic N) is 2. The number of thioether (sulfide) groups is 1. The summed E-state index contributed by atoms with van der Waals surface area (Å²) in [4.78, 5) is 19.7. The number of nitrogens with one attached hydrogen (secondary N) is 1. The quantitative estimate of drug-likeness (QED) is 0.445. The van der Waals surface area contributed by atoms with Crippen LogP contribution in [0.2, 0.25) is 0 Å². The number of carboxylic acids is 1. The lowest BCUT2D eigenvalue weighted by Crippen LogP contribution is -2.33. The molecule has 0 saturated carbocycles. The zero-order valence-corrected chi connectivity index (χ0v) is 16.3. The summed E-state index contributed by atoms with van der Waals surface area (Å²) in [7, 11) is 1.62. The van der Waals surface area contributed by atoms with Crippen LogP contribution in [0.1, 0.15) is 12.6 Å². The van der Waals surface area contributed by atoms with Gasteiger partial charge in [-0.15, -0.1) is 11.8 Å². The van der Waals surface area contributed by atoms with Gasteiger partial charge in [-0.05, 0) is 13.0 Å². The molecule has 0 aliphatic carbocycles. The Morgan fingerprint density at radius 2 is 2.00 bits per heavy atom. The molecule has 2 heterocycles. The Morgan fingerprint density at radius 1 is 1.30 bits per heavy atom. The topological polar surface area (TPSA) is 122 Å². The van der Waals surface area contributed by atoms with Crippen molar-refractivity contribution in [2.45, 2.75) is 12.5 Å². The number of hydrogen-bond acceptors (Lipinski definition) is 9. The van der Waals surface area contributed by atoms with Crippen LogP contribution in [0.25, 0.3) is 0 Å². The van der Waals surface area contributed by atoms with Crippen LogP contribution >= 0.6 is 11.8 Å². The molecule has 0 amide bonds. The fourth-order valence-electron chi connectivity index (χ4n) is 2.20. The zero-order chi connectivity index (χ0) is 19.7. The first kappa shape index (κ1) is 21.4. The van der Waals surface area contributed by atoms with Crippen molar-refractivity contribution in [3.8, 4) is 5.75 Å². The number of ether oxygens (including phenoxy) is 3. The summed E-state index contributed by atoms with van der Waals surface area (Å²) in [6.45, 7) is 4.53. The highest BCUT2D eigenvalue weighted by molar-refractivity contribution is 8.14. The second kappa shape index (κ2) is 10.5. The number of aromatic hydroxyl groups is 1. The molecular formula is C17H25N3O6S. The van der Waals surface area contributed by atoms with E-state index < -0.39 is 11.5 Å². The maximum Gasteiger partial charge on any atom is 0.332 e. The lowest BCUT2D eigenvalue weighted by atomic mass is 10.1. The SMILES string of the molecule is COCCOCCOCCNc1ccnc(C2=NC(C)(C(=O)O)CS2)c1O. The smallest absolute Gasteiger partial charge is 0.332 e. The highest BCUT2D eigenvalue weighted by Crippen LogP contribution is 2.35. The van der Waals surface area contributed by atoms with Gasteiger partial charge in [-0.25, -0.2) is 9.78 Å². The zero-order valence-electron chi connectivity index (χ0n) is 15.4. The van der Waals surface area contributed by atoms with E-state index in [9.17, 15) is 15.0 Å². The Kier molecular flexibility index (Phi) is 8.29. The minimum Gasteiger partial charge on any atom is -0.504 e. The molecule has 1 atom stereocenters. The van der Waals surface area contributed by atoms with Crippen molar-refractivity contribution in [2.75, 3.05) is 57.8 Å². The average molecular weight is 399 g/mol. The number of aliphatic imine (C=N–C) groups is 1. The molecule has 150 valence electrons. The molecule has 3 N–H and O–H groups in total. The predicted octanol–water partition coefficient (Wildman–Crippen LogP) is 1.22. The van der Waals surface area contributed by atoms with E-state index >= 15 is 0 Å². The number of methoxy groups -OCH3 is 1. The third-order valence-corrected chi connectivity index (χ3v) is 5.06. The largest absolute Gasteiger partial charge is 0.504 e. The van der Waals surface area contributed by atoms with Gasteiger partial charge in [0.05, 0.1) is 38.7 Å². The maximum absolute atomic E-state index is 11.3.